The molecule has 1 aliphatic rings. The lowest BCUT2D eigenvalue weighted by Gasteiger charge is -2.26. The molecule has 0 saturated carbocycles. The van der Waals surface area contributed by atoms with Crippen LogP contribution >= 0.6 is 12.6 Å². The van der Waals surface area contributed by atoms with Crippen molar-refractivity contribution in [2.24, 2.45) is 4.99 Å². The Hall–Kier alpha value is -1.93. The molecule has 2 atom stereocenters. The fraction of sp³-hybridized carbons (Fsp3) is 0.200. The molecule has 2 unspecified atom stereocenters. The summed E-state index contributed by atoms with van der Waals surface area (Å²) in [5.74, 6) is 0.0728. The molecule has 0 spiro atoms. The topological polar surface area (TPSA) is 75.2 Å². The van der Waals surface area contributed by atoms with Crippen LogP contribution < -0.4 is 0 Å². The summed E-state index contributed by atoms with van der Waals surface area (Å²) in [5, 5.41) is -0.444. The summed E-state index contributed by atoms with van der Waals surface area (Å²) in [7, 11) is -3.85. The summed E-state index contributed by atoms with van der Waals surface area (Å²) in [6.45, 7) is 0. The number of benzene rings is 1. The van der Waals surface area contributed by atoms with Gasteiger partial charge in [0.15, 0.2) is 4.87 Å². The normalized spacial score (nSPS) is 21.7. The molecule has 23 heavy (non-hydrogen) atoms. The zero-order valence-electron chi connectivity index (χ0n) is 11.9. The number of aromatic amines is 1. The Morgan fingerprint density at radius 3 is 2.61 bits per heavy atom. The number of H-pyrrole nitrogens is 1. The third kappa shape index (κ3) is 2.84. The van der Waals surface area contributed by atoms with Gasteiger partial charge in [-0.25, -0.2) is 17.8 Å². The van der Waals surface area contributed by atoms with Crippen molar-refractivity contribution in [3.05, 3.63) is 60.5 Å². The molecule has 120 valence electrons. The molecular weight excluding hydrogens is 337 g/mol. The predicted molar refractivity (Wildman–Crippen MR) is 88.9 cm³/mol. The van der Waals surface area contributed by atoms with Crippen LogP contribution in [0.25, 0.3) is 0 Å². The summed E-state index contributed by atoms with van der Waals surface area (Å²) >= 11 is 4.45. The number of rotatable bonds is 5. The maximum Gasteiger partial charge on any atom is 0.207 e. The molecule has 1 aromatic heterocycles. The first-order valence-corrected chi connectivity index (χ1v) is 8.85. The van der Waals surface area contributed by atoms with Crippen molar-refractivity contribution in [2.45, 2.75) is 21.4 Å². The van der Waals surface area contributed by atoms with Gasteiger partial charge in [0.05, 0.1) is 10.1 Å². The highest BCUT2D eigenvalue weighted by Gasteiger charge is 2.45. The number of imidazole rings is 1. The molecule has 0 amide bonds. The maximum atomic E-state index is 13.1. The molecule has 8 heteroatoms. The van der Waals surface area contributed by atoms with E-state index >= 15 is 0 Å². The SMILES string of the molecule is O=S(=O)(c1ccc(F)cc1)C1(CC(S)c2ncc[nH]2)C=CC=N1. The van der Waals surface area contributed by atoms with E-state index < -0.39 is 25.8 Å². The van der Waals surface area contributed by atoms with E-state index in [4.69, 9.17) is 0 Å². The van der Waals surface area contributed by atoms with E-state index in [-0.39, 0.29) is 11.3 Å². The predicted octanol–water partition coefficient (Wildman–Crippen LogP) is 2.72. The van der Waals surface area contributed by atoms with Crippen LogP contribution in [0.3, 0.4) is 0 Å². The first kappa shape index (κ1) is 15.9. The average molecular weight is 351 g/mol. The standard InChI is InChI=1S/C15H14FN3O2S2/c16-11-2-4-12(5-3-11)23(20,21)15(6-1-7-19-15)10-13(22)14-17-8-9-18-14/h1-9,13,22H,10H2,(H,17,18). The van der Waals surface area contributed by atoms with Crippen molar-refractivity contribution in [3.63, 3.8) is 0 Å². The highest BCUT2D eigenvalue weighted by Crippen LogP contribution is 2.39. The maximum absolute atomic E-state index is 13.1. The van der Waals surface area contributed by atoms with Crippen LogP contribution in [0.5, 0.6) is 0 Å². The monoisotopic (exact) mass is 351 g/mol. The first-order valence-electron chi connectivity index (χ1n) is 6.85. The summed E-state index contributed by atoms with van der Waals surface area (Å²) < 4.78 is 39.1. The van der Waals surface area contributed by atoms with E-state index in [1.165, 1.54) is 24.4 Å². The zero-order valence-corrected chi connectivity index (χ0v) is 13.6. The van der Waals surface area contributed by atoms with Crippen molar-refractivity contribution in [3.8, 4) is 0 Å². The van der Waals surface area contributed by atoms with E-state index in [9.17, 15) is 12.8 Å². The van der Waals surface area contributed by atoms with Crippen LogP contribution in [0.15, 0.2) is 58.7 Å². The Morgan fingerprint density at radius 2 is 2.04 bits per heavy atom. The lowest BCUT2D eigenvalue weighted by Crippen LogP contribution is -2.35. The highest BCUT2D eigenvalue weighted by molar-refractivity contribution is 7.93. The van der Waals surface area contributed by atoms with Gasteiger partial charge in [-0.15, -0.1) is 0 Å². The number of thiol groups is 1. The van der Waals surface area contributed by atoms with E-state index in [0.717, 1.165) is 12.1 Å². The van der Waals surface area contributed by atoms with Crippen molar-refractivity contribution >= 4 is 28.7 Å². The van der Waals surface area contributed by atoms with Gasteiger partial charge in [-0.3, -0.25) is 4.99 Å². The molecule has 3 rings (SSSR count). The molecule has 0 fully saturated rings. The minimum atomic E-state index is -3.85. The van der Waals surface area contributed by atoms with Crippen LogP contribution in [-0.2, 0) is 9.84 Å². The zero-order chi connectivity index (χ0) is 16.5. The second-order valence-electron chi connectivity index (χ2n) is 5.13. The molecule has 0 radical (unpaired) electrons. The molecule has 0 saturated heterocycles. The number of nitrogens with one attached hydrogen (secondary N) is 1. The molecular formula is C15H14FN3O2S2. The Bertz CT molecular complexity index is 831. The first-order chi connectivity index (χ1) is 10.9. The second kappa shape index (κ2) is 5.93. The van der Waals surface area contributed by atoms with Crippen LogP contribution in [0.2, 0.25) is 0 Å². The Morgan fingerprint density at radius 1 is 1.30 bits per heavy atom. The Balaban J connectivity index is 1.99. The molecule has 2 heterocycles. The third-order valence-corrected chi connectivity index (χ3v) is 6.30. The van der Waals surface area contributed by atoms with Gasteiger partial charge in [-0.1, -0.05) is 0 Å². The van der Waals surface area contributed by atoms with Gasteiger partial charge < -0.3 is 4.98 Å². The van der Waals surface area contributed by atoms with Crippen LogP contribution in [0.1, 0.15) is 17.5 Å². The van der Waals surface area contributed by atoms with E-state index in [2.05, 4.69) is 27.6 Å². The van der Waals surface area contributed by atoms with E-state index in [0.29, 0.717) is 5.82 Å². The lowest BCUT2D eigenvalue weighted by atomic mass is 10.1. The summed E-state index contributed by atoms with van der Waals surface area (Å²) in [5.41, 5.74) is 0. The number of nitrogens with zero attached hydrogens (tertiary/aromatic N) is 2. The Kier molecular flexibility index (Phi) is 4.11. The molecule has 1 N–H and O–H groups in total. The largest absolute Gasteiger partial charge is 0.348 e. The number of hydrogen-bond acceptors (Lipinski definition) is 5. The number of aliphatic imine (C=N–C) groups is 1. The minimum absolute atomic E-state index is 0.0163. The summed E-state index contributed by atoms with van der Waals surface area (Å²) in [6.07, 6.45) is 7.89. The fourth-order valence-corrected chi connectivity index (χ4v) is 4.74. The summed E-state index contributed by atoms with van der Waals surface area (Å²) in [4.78, 5) is 9.75. The van der Waals surface area contributed by atoms with Crippen molar-refractivity contribution in [1.82, 2.24) is 9.97 Å². The average Bonchev–Trinajstić information content (AvgIpc) is 3.20. The van der Waals surface area contributed by atoms with Gasteiger partial charge in [-0.2, -0.15) is 12.6 Å². The Labute approximate surface area is 138 Å². The van der Waals surface area contributed by atoms with Gasteiger partial charge in [0.2, 0.25) is 9.84 Å². The molecule has 1 aromatic carbocycles. The quantitative estimate of drug-likeness (QED) is 0.642. The van der Waals surface area contributed by atoms with Crippen molar-refractivity contribution in [2.75, 3.05) is 0 Å². The molecule has 0 aliphatic carbocycles. The fourth-order valence-electron chi connectivity index (χ4n) is 2.45. The molecule has 0 bridgehead atoms. The van der Waals surface area contributed by atoms with Crippen molar-refractivity contribution in [1.29, 1.82) is 0 Å². The van der Waals surface area contributed by atoms with Gasteiger partial charge in [0.25, 0.3) is 0 Å². The highest BCUT2D eigenvalue weighted by atomic mass is 32.2. The third-order valence-electron chi connectivity index (χ3n) is 3.65. The van der Waals surface area contributed by atoms with Gasteiger partial charge in [0, 0.05) is 25.0 Å². The molecule has 1 aliphatic heterocycles. The van der Waals surface area contributed by atoms with Crippen LogP contribution in [-0.4, -0.2) is 29.5 Å². The molecule has 2 aromatic rings. The van der Waals surface area contributed by atoms with E-state index in [1.54, 1.807) is 18.5 Å². The number of halogens is 1. The van der Waals surface area contributed by atoms with Gasteiger partial charge in [0.1, 0.15) is 11.6 Å². The van der Waals surface area contributed by atoms with Gasteiger partial charge >= 0.3 is 0 Å². The number of sulfone groups is 1. The lowest BCUT2D eigenvalue weighted by molar-refractivity contribution is 0.539. The minimum Gasteiger partial charge on any atom is -0.348 e. The smallest absolute Gasteiger partial charge is 0.207 e. The second-order valence-corrected chi connectivity index (χ2v) is 7.94. The van der Waals surface area contributed by atoms with Crippen LogP contribution in [0, 0.1) is 5.82 Å². The number of hydrogen-bond donors (Lipinski definition) is 2. The number of aromatic nitrogens is 2. The molecule has 5 nitrogen and oxygen atoms in total. The number of allylic oxidation sites excluding steroid dienone is 1. The van der Waals surface area contributed by atoms with Crippen molar-refractivity contribution < 1.29 is 12.8 Å². The van der Waals surface area contributed by atoms with Gasteiger partial charge in [-0.05, 0) is 36.4 Å². The van der Waals surface area contributed by atoms with Crippen LogP contribution in [0.4, 0.5) is 4.39 Å². The van der Waals surface area contributed by atoms with E-state index in [1.807, 2.05) is 0 Å². The summed E-state index contributed by atoms with van der Waals surface area (Å²) in [6, 6.07) is 4.73.